The zero-order valence-electron chi connectivity index (χ0n) is 10.5. The molecule has 0 aliphatic heterocycles. The van der Waals surface area contributed by atoms with Crippen LogP contribution in [0.1, 0.15) is 25.3 Å². The number of H-pyrrole nitrogens is 1. The SMILES string of the molecule is O=c1[nH]cnc2c1ncn2[C@H]1C[C@H]2C[C@@H]2[C@@H]1CCO. The molecule has 100 valence electrons. The van der Waals surface area contributed by atoms with E-state index in [1.54, 1.807) is 6.33 Å². The molecule has 2 aromatic heterocycles. The summed E-state index contributed by atoms with van der Waals surface area (Å²) in [5.74, 6) is 2.03. The van der Waals surface area contributed by atoms with Gasteiger partial charge in [0.25, 0.3) is 5.56 Å². The van der Waals surface area contributed by atoms with Crippen molar-refractivity contribution in [3.63, 3.8) is 0 Å². The molecule has 19 heavy (non-hydrogen) atoms. The quantitative estimate of drug-likeness (QED) is 0.850. The molecule has 2 fully saturated rings. The van der Waals surface area contributed by atoms with Crippen LogP contribution in [0.15, 0.2) is 17.4 Å². The van der Waals surface area contributed by atoms with Crippen LogP contribution in [0.3, 0.4) is 0 Å². The van der Waals surface area contributed by atoms with Crippen molar-refractivity contribution in [2.75, 3.05) is 6.61 Å². The molecule has 2 N–H and O–H groups in total. The van der Waals surface area contributed by atoms with Crippen LogP contribution in [-0.2, 0) is 0 Å². The van der Waals surface area contributed by atoms with Gasteiger partial charge in [-0.25, -0.2) is 9.97 Å². The summed E-state index contributed by atoms with van der Waals surface area (Å²) in [6, 6.07) is 0.329. The lowest BCUT2D eigenvalue weighted by molar-refractivity contribution is 0.220. The lowest BCUT2D eigenvalue weighted by Crippen LogP contribution is -2.19. The highest BCUT2D eigenvalue weighted by Gasteiger charge is 2.53. The first-order valence-electron chi connectivity index (χ1n) is 6.80. The first-order valence-corrected chi connectivity index (χ1v) is 6.80. The van der Waals surface area contributed by atoms with Crippen molar-refractivity contribution in [3.05, 3.63) is 23.0 Å². The van der Waals surface area contributed by atoms with Crippen LogP contribution in [0, 0.1) is 17.8 Å². The first-order chi connectivity index (χ1) is 9.29. The van der Waals surface area contributed by atoms with Gasteiger partial charge in [0.05, 0.1) is 12.7 Å². The van der Waals surface area contributed by atoms with E-state index in [-0.39, 0.29) is 12.2 Å². The summed E-state index contributed by atoms with van der Waals surface area (Å²) in [4.78, 5) is 22.7. The number of aromatic amines is 1. The van der Waals surface area contributed by atoms with Gasteiger partial charge in [0.15, 0.2) is 11.2 Å². The van der Waals surface area contributed by atoms with Crippen LogP contribution in [-0.4, -0.2) is 31.2 Å². The smallest absolute Gasteiger partial charge is 0.278 e. The number of nitrogens with zero attached hydrogens (tertiary/aromatic N) is 3. The van der Waals surface area contributed by atoms with Gasteiger partial charge in [-0.05, 0) is 37.0 Å². The molecule has 6 nitrogen and oxygen atoms in total. The highest BCUT2D eigenvalue weighted by molar-refractivity contribution is 5.69. The maximum Gasteiger partial charge on any atom is 0.278 e. The second kappa shape index (κ2) is 3.90. The summed E-state index contributed by atoms with van der Waals surface area (Å²) in [6.07, 6.45) is 6.40. The summed E-state index contributed by atoms with van der Waals surface area (Å²) < 4.78 is 2.04. The highest BCUT2D eigenvalue weighted by atomic mass is 16.3. The zero-order valence-corrected chi connectivity index (χ0v) is 10.5. The lowest BCUT2D eigenvalue weighted by atomic mass is 9.95. The molecular formula is C13H16N4O2. The highest BCUT2D eigenvalue weighted by Crippen LogP contribution is 2.60. The third-order valence-electron chi connectivity index (χ3n) is 4.75. The number of aliphatic hydroxyl groups excluding tert-OH is 1. The summed E-state index contributed by atoms with van der Waals surface area (Å²) >= 11 is 0. The fourth-order valence-corrected chi connectivity index (χ4v) is 3.82. The Hall–Kier alpha value is -1.69. The monoisotopic (exact) mass is 260 g/mol. The number of rotatable bonds is 3. The van der Waals surface area contributed by atoms with E-state index in [1.807, 2.05) is 4.57 Å². The van der Waals surface area contributed by atoms with E-state index in [0.29, 0.717) is 23.1 Å². The Balaban J connectivity index is 1.78. The van der Waals surface area contributed by atoms with Crippen LogP contribution in [0.5, 0.6) is 0 Å². The molecule has 0 unspecified atom stereocenters. The number of fused-ring (bicyclic) bond motifs is 2. The molecule has 2 saturated carbocycles. The van der Waals surface area contributed by atoms with E-state index in [0.717, 1.165) is 24.7 Å². The predicted octanol–water partition coefficient (Wildman–Crippen LogP) is 0.699. The fraction of sp³-hybridized carbons (Fsp3) is 0.615. The Morgan fingerprint density at radius 3 is 3.16 bits per heavy atom. The lowest BCUT2D eigenvalue weighted by Gasteiger charge is -2.23. The molecule has 6 heteroatoms. The van der Waals surface area contributed by atoms with Crippen molar-refractivity contribution in [2.45, 2.75) is 25.3 Å². The minimum Gasteiger partial charge on any atom is -0.396 e. The van der Waals surface area contributed by atoms with Gasteiger partial charge in [0, 0.05) is 12.6 Å². The Morgan fingerprint density at radius 1 is 1.42 bits per heavy atom. The van der Waals surface area contributed by atoms with Crippen molar-refractivity contribution in [2.24, 2.45) is 17.8 Å². The summed E-state index contributed by atoms with van der Waals surface area (Å²) in [7, 11) is 0. The van der Waals surface area contributed by atoms with Gasteiger partial charge in [-0.15, -0.1) is 0 Å². The minimum absolute atomic E-state index is 0.189. The van der Waals surface area contributed by atoms with Crippen molar-refractivity contribution in [1.29, 1.82) is 0 Å². The maximum atomic E-state index is 11.7. The molecule has 0 aromatic carbocycles. The average Bonchev–Trinajstić information content (AvgIpc) is 2.89. The molecule has 4 atom stereocenters. The van der Waals surface area contributed by atoms with E-state index in [4.69, 9.17) is 0 Å². The van der Waals surface area contributed by atoms with Crippen LogP contribution < -0.4 is 5.56 Å². The van der Waals surface area contributed by atoms with Crippen molar-refractivity contribution >= 4 is 11.2 Å². The number of aliphatic hydroxyl groups is 1. The molecule has 0 saturated heterocycles. The largest absolute Gasteiger partial charge is 0.396 e. The molecule has 0 radical (unpaired) electrons. The summed E-state index contributed by atoms with van der Waals surface area (Å²) in [6.45, 7) is 0.227. The van der Waals surface area contributed by atoms with Crippen LogP contribution in [0.2, 0.25) is 0 Å². The topological polar surface area (TPSA) is 83.8 Å². The Bertz CT molecular complexity index is 677. The van der Waals surface area contributed by atoms with Gasteiger partial charge in [-0.2, -0.15) is 0 Å². The minimum atomic E-state index is -0.189. The molecule has 2 heterocycles. The molecule has 2 aliphatic rings. The molecule has 2 aliphatic carbocycles. The van der Waals surface area contributed by atoms with E-state index in [1.165, 1.54) is 12.7 Å². The summed E-state index contributed by atoms with van der Waals surface area (Å²) in [5, 5.41) is 9.24. The normalized spacial score (nSPS) is 32.7. The van der Waals surface area contributed by atoms with Gasteiger partial charge in [0.2, 0.25) is 0 Å². The summed E-state index contributed by atoms with van der Waals surface area (Å²) in [5.41, 5.74) is 0.884. The number of hydrogen-bond donors (Lipinski definition) is 2. The molecule has 0 spiro atoms. The second-order valence-electron chi connectivity index (χ2n) is 5.69. The van der Waals surface area contributed by atoms with Gasteiger partial charge >= 0.3 is 0 Å². The average molecular weight is 260 g/mol. The van der Waals surface area contributed by atoms with Gasteiger partial charge in [-0.3, -0.25) is 4.79 Å². The van der Waals surface area contributed by atoms with Crippen molar-refractivity contribution < 1.29 is 5.11 Å². The van der Waals surface area contributed by atoms with E-state index in [9.17, 15) is 9.90 Å². The fourth-order valence-electron chi connectivity index (χ4n) is 3.82. The van der Waals surface area contributed by atoms with Crippen LogP contribution >= 0.6 is 0 Å². The third kappa shape index (κ3) is 1.56. The van der Waals surface area contributed by atoms with E-state index >= 15 is 0 Å². The predicted molar refractivity (Wildman–Crippen MR) is 68.6 cm³/mol. The number of imidazole rings is 1. The molecule has 2 aromatic rings. The van der Waals surface area contributed by atoms with E-state index < -0.39 is 0 Å². The maximum absolute atomic E-state index is 11.7. The van der Waals surface area contributed by atoms with Crippen molar-refractivity contribution in [1.82, 2.24) is 19.5 Å². The first kappa shape index (κ1) is 11.2. The second-order valence-corrected chi connectivity index (χ2v) is 5.69. The van der Waals surface area contributed by atoms with Crippen LogP contribution in [0.4, 0.5) is 0 Å². The van der Waals surface area contributed by atoms with Crippen molar-refractivity contribution in [3.8, 4) is 0 Å². The molecule has 0 amide bonds. The zero-order chi connectivity index (χ0) is 13.0. The Kier molecular flexibility index (Phi) is 2.29. The number of hydrogen-bond acceptors (Lipinski definition) is 4. The van der Waals surface area contributed by atoms with Gasteiger partial charge in [-0.1, -0.05) is 0 Å². The van der Waals surface area contributed by atoms with Gasteiger partial charge in [0.1, 0.15) is 0 Å². The third-order valence-corrected chi connectivity index (χ3v) is 4.75. The Labute approximate surface area is 109 Å². The molecule has 4 rings (SSSR count). The number of aromatic nitrogens is 4. The standard InChI is InChI=1S/C13H16N4O2/c18-2-1-8-9-3-7(9)4-10(8)17-6-16-11-12(17)14-5-15-13(11)19/h5-10,18H,1-4H2,(H,14,15,19)/t7-,8+,9+,10+/m1/s1. The number of nitrogens with one attached hydrogen (secondary N) is 1. The van der Waals surface area contributed by atoms with Crippen LogP contribution in [0.25, 0.3) is 11.2 Å². The van der Waals surface area contributed by atoms with Gasteiger partial charge < -0.3 is 14.7 Å². The van der Waals surface area contributed by atoms with E-state index in [2.05, 4.69) is 15.0 Å². The molecular weight excluding hydrogens is 244 g/mol. The Morgan fingerprint density at radius 2 is 2.32 bits per heavy atom. The molecule has 0 bridgehead atoms.